The number of hydrogen-bond donors (Lipinski definition) is 4. The minimum absolute atomic E-state index is 0.0579. The normalized spacial score (nSPS) is 11.0. The van der Waals surface area contributed by atoms with Crippen LogP contribution in [0.2, 0.25) is 0 Å². The summed E-state index contributed by atoms with van der Waals surface area (Å²) in [7, 11) is 0. The Labute approximate surface area is 124 Å². The molecule has 6 heteroatoms. The molecule has 0 fully saturated rings. The fourth-order valence-electron chi connectivity index (χ4n) is 2.48. The van der Waals surface area contributed by atoms with E-state index >= 15 is 0 Å². The van der Waals surface area contributed by atoms with Crippen LogP contribution in [-0.4, -0.2) is 20.4 Å². The molecule has 0 atom stereocenters. The van der Waals surface area contributed by atoms with Gasteiger partial charge < -0.3 is 24.8 Å². The van der Waals surface area contributed by atoms with Crippen molar-refractivity contribution in [2.45, 2.75) is 6.92 Å². The van der Waals surface area contributed by atoms with Gasteiger partial charge >= 0.3 is 5.63 Å². The fourth-order valence-corrected chi connectivity index (χ4v) is 2.48. The number of phenols is 4. The Hall–Kier alpha value is -3.15. The van der Waals surface area contributed by atoms with Gasteiger partial charge in [0.2, 0.25) is 0 Å². The average molecular weight is 300 g/mol. The second-order valence-electron chi connectivity index (χ2n) is 4.98. The van der Waals surface area contributed by atoms with Crippen molar-refractivity contribution < 1.29 is 24.8 Å². The number of aryl methyl sites for hydroxylation is 1. The summed E-state index contributed by atoms with van der Waals surface area (Å²) in [5.41, 5.74) is -0.0408. The first-order valence-corrected chi connectivity index (χ1v) is 6.39. The van der Waals surface area contributed by atoms with E-state index in [0.717, 1.165) is 12.1 Å². The molecular formula is C16H12O6. The Morgan fingerprint density at radius 3 is 2.18 bits per heavy atom. The highest BCUT2D eigenvalue weighted by Gasteiger charge is 2.16. The lowest BCUT2D eigenvalue weighted by Crippen LogP contribution is -2.01. The van der Waals surface area contributed by atoms with Crippen molar-refractivity contribution in [3.8, 4) is 34.3 Å². The molecule has 2 aromatic carbocycles. The summed E-state index contributed by atoms with van der Waals surface area (Å²) in [5.74, 6) is -0.880. The lowest BCUT2D eigenvalue weighted by Gasteiger charge is -2.09. The molecule has 1 aromatic heterocycles. The Morgan fingerprint density at radius 2 is 1.50 bits per heavy atom. The lowest BCUT2D eigenvalue weighted by molar-refractivity contribution is 0.447. The second kappa shape index (κ2) is 4.70. The van der Waals surface area contributed by atoms with Gasteiger partial charge in [-0.2, -0.15) is 0 Å². The molecular weight excluding hydrogens is 288 g/mol. The standard InChI is InChI=1S/C16H12O6/c1-7-2-9(17)5-11(19)14(7)13-4-8-3-10(18)6-12(20)15(8)16(21)22-13/h2-6,17-20H,1H3. The monoisotopic (exact) mass is 300 g/mol. The first-order valence-electron chi connectivity index (χ1n) is 6.39. The Balaban J connectivity index is 2.37. The van der Waals surface area contributed by atoms with Gasteiger partial charge in [0.25, 0.3) is 0 Å². The van der Waals surface area contributed by atoms with Crippen LogP contribution in [0.3, 0.4) is 0 Å². The highest BCUT2D eigenvalue weighted by atomic mass is 16.4. The van der Waals surface area contributed by atoms with E-state index in [1.165, 1.54) is 18.2 Å². The van der Waals surface area contributed by atoms with Crippen molar-refractivity contribution >= 4 is 10.8 Å². The van der Waals surface area contributed by atoms with E-state index in [1.807, 2.05) is 0 Å². The van der Waals surface area contributed by atoms with Crippen molar-refractivity contribution in [1.29, 1.82) is 0 Å². The van der Waals surface area contributed by atoms with Gasteiger partial charge in [0.15, 0.2) is 0 Å². The Kier molecular flexibility index (Phi) is 2.95. The zero-order chi connectivity index (χ0) is 16.0. The Bertz CT molecular complexity index is 932. The summed E-state index contributed by atoms with van der Waals surface area (Å²) >= 11 is 0. The third kappa shape index (κ3) is 2.10. The van der Waals surface area contributed by atoms with E-state index in [2.05, 4.69) is 0 Å². The number of hydrogen-bond acceptors (Lipinski definition) is 6. The van der Waals surface area contributed by atoms with Gasteiger partial charge in [-0.15, -0.1) is 0 Å². The molecule has 112 valence electrons. The summed E-state index contributed by atoms with van der Waals surface area (Å²) < 4.78 is 5.16. The Morgan fingerprint density at radius 1 is 0.864 bits per heavy atom. The average Bonchev–Trinajstić information content (AvgIpc) is 2.35. The number of rotatable bonds is 1. The van der Waals surface area contributed by atoms with Crippen LogP contribution in [-0.2, 0) is 0 Å². The molecule has 3 aromatic rings. The number of phenolic OH excluding ortho intramolecular Hbond substituents is 4. The molecule has 0 radical (unpaired) electrons. The molecule has 0 unspecified atom stereocenters. The zero-order valence-corrected chi connectivity index (χ0v) is 11.5. The molecule has 0 saturated carbocycles. The summed E-state index contributed by atoms with van der Waals surface area (Å²) in [5, 5.41) is 38.9. The maximum atomic E-state index is 12.1. The molecule has 3 rings (SSSR count). The van der Waals surface area contributed by atoms with Crippen LogP contribution >= 0.6 is 0 Å². The topological polar surface area (TPSA) is 111 Å². The van der Waals surface area contributed by atoms with Crippen LogP contribution in [0, 0.1) is 6.92 Å². The van der Waals surface area contributed by atoms with Crippen molar-refractivity contribution in [1.82, 2.24) is 0 Å². The van der Waals surface area contributed by atoms with E-state index < -0.39 is 5.63 Å². The van der Waals surface area contributed by atoms with Gasteiger partial charge in [0.1, 0.15) is 34.1 Å². The third-order valence-corrected chi connectivity index (χ3v) is 3.37. The van der Waals surface area contributed by atoms with Gasteiger partial charge in [0.05, 0.1) is 5.56 Å². The van der Waals surface area contributed by atoms with E-state index in [9.17, 15) is 25.2 Å². The maximum absolute atomic E-state index is 12.1. The predicted molar refractivity (Wildman–Crippen MR) is 79.3 cm³/mol. The molecule has 22 heavy (non-hydrogen) atoms. The fraction of sp³-hybridized carbons (Fsp3) is 0.0625. The number of benzene rings is 2. The SMILES string of the molecule is Cc1cc(O)cc(O)c1-c1cc2cc(O)cc(O)c2c(=O)o1. The van der Waals surface area contributed by atoms with Crippen LogP contribution in [0.15, 0.2) is 39.5 Å². The molecule has 0 bridgehead atoms. The number of aromatic hydroxyl groups is 4. The summed E-state index contributed by atoms with van der Waals surface area (Å²) in [6, 6.07) is 6.32. The second-order valence-corrected chi connectivity index (χ2v) is 4.98. The van der Waals surface area contributed by atoms with Crippen LogP contribution in [0.25, 0.3) is 22.1 Å². The summed E-state index contributed by atoms with van der Waals surface area (Å²) in [6.45, 7) is 1.64. The van der Waals surface area contributed by atoms with Crippen molar-refractivity contribution in [2.24, 2.45) is 0 Å². The molecule has 0 saturated heterocycles. The predicted octanol–water partition coefficient (Wildman–Crippen LogP) is 2.59. The molecule has 0 aliphatic rings. The lowest BCUT2D eigenvalue weighted by atomic mass is 10.0. The van der Waals surface area contributed by atoms with Crippen LogP contribution in [0.1, 0.15) is 5.56 Å². The van der Waals surface area contributed by atoms with E-state index in [1.54, 1.807) is 6.92 Å². The molecule has 6 nitrogen and oxygen atoms in total. The number of fused-ring (bicyclic) bond motifs is 1. The van der Waals surface area contributed by atoms with Crippen molar-refractivity contribution in [2.75, 3.05) is 0 Å². The molecule has 0 aliphatic heterocycles. The minimum Gasteiger partial charge on any atom is -0.508 e. The molecule has 0 spiro atoms. The van der Waals surface area contributed by atoms with Gasteiger partial charge in [0, 0.05) is 17.5 Å². The third-order valence-electron chi connectivity index (χ3n) is 3.37. The first kappa shape index (κ1) is 13.8. The summed E-state index contributed by atoms with van der Waals surface area (Å²) in [4.78, 5) is 12.1. The molecule has 4 N–H and O–H groups in total. The highest BCUT2D eigenvalue weighted by Crippen LogP contribution is 2.37. The van der Waals surface area contributed by atoms with Crippen LogP contribution in [0.4, 0.5) is 0 Å². The maximum Gasteiger partial charge on any atom is 0.347 e. The molecule has 1 heterocycles. The van der Waals surface area contributed by atoms with Crippen LogP contribution in [0.5, 0.6) is 23.0 Å². The highest BCUT2D eigenvalue weighted by molar-refractivity contribution is 5.91. The minimum atomic E-state index is -0.795. The van der Waals surface area contributed by atoms with Gasteiger partial charge in [-0.05, 0) is 30.7 Å². The van der Waals surface area contributed by atoms with Crippen molar-refractivity contribution in [3.05, 3.63) is 46.3 Å². The first-order chi connectivity index (χ1) is 10.4. The van der Waals surface area contributed by atoms with Gasteiger partial charge in [-0.25, -0.2) is 4.79 Å². The summed E-state index contributed by atoms with van der Waals surface area (Å²) in [6.07, 6.45) is 0. The van der Waals surface area contributed by atoms with E-state index in [-0.39, 0.29) is 45.1 Å². The van der Waals surface area contributed by atoms with E-state index in [4.69, 9.17) is 4.42 Å². The molecule has 0 amide bonds. The molecule has 0 aliphatic carbocycles. The quantitative estimate of drug-likeness (QED) is 0.549. The van der Waals surface area contributed by atoms with Gasteiger partial charge in [-0.3, -0.25) is 0 Å². The van der Waals surface area contributed by atoms with Gasteiger partial charge in [-0.1, -0.05) is 0 Å². The smallest absolute Gasteiger partial charge is 0.347 e. The zero-order valence-electron chi connectivity index (χ0n) is 11.5. The van der Waals surface area contributed by atoms with Crippen LogP contribution < -0.4 is 5.63 Å². The van der Waals surface area contributed by atoms with E-state index in [0.29, 0.717) is 5.56 Å². The van der Waals surface area contributed by atoms with Crippen molar-refractivity contribution in [3.63, 3.8) is 0 Å². The largest absolute Gasteiger partial charge is 0.508 e.